The van der Waals surface area contributed by atoms with Crippen LogP contribution in [-0.4, -0.2) is 201 Å². The van der Waals surface area contributed by atoms with Crippen LogP contribution in [-0.2, 0) is 14.3 Å². The number of aryl methyl sites for hydroxylation is 1. The molecular weight excluding hydrogens is 1070 g/mol. The van der Waals surface area contributed by atoms with Gasteiger partial charge in [0.25, 0.3) is 0 Å². The second kappa shape index (κ2) is 24.7. The number of likely N-dealkylation sites (tertiary alicyclic amines) is 4. The summed E-state index contributed by atoms with van der Waals surface area (Å²) in [7, 11) is 2.27. The Kier molecular flexibility index (Phi) is 17.2. The van der Waals surface area contributed by atoms with Gasteiger partial charge >= 0.3 is 0 Å². The molecule has 19 nitrogen and oxygen atoms in total. The SMILES string of the molecule is Cc1ncsc1-c1ccc([C@H](C)NC(=O)[C@@H]2C[C@@H](O)CN2C(=O)[C@@H](c2cc(N3CCC(CN4CCC(O[C@H]5C[C@H](N6CCC(CN7CC8(C7)CN(c7cc(-c9ccccc9O)nnc7N)CCN8C)CC6)C5)CC4)CC3)no2)C(C)C)cc1. The van der Waals surface area contributed by atoms with Crippen molar-refractivity contribution >= 4 is 40.5 Å². The molecule has 1 aliphatic carbocycles. The number of thiazole rings is 1. The molecule has 83 heavy (non-hydrogen) atoms. The van der Waals surface area contributed by atoms with Gasteiger partial charge in [0.2, 0.25) is 11.8 Å². The lowest BCUT2D eigenvalue weighted by molar-refractivity contribution is -0.141. The lowest BCUT2D eigenvalue weighted by Crippen LogP contribution is -2.76. The van der Waals surface area contributed by atoms with Gasteiger partial charge in [0.05, 0.1) is 57.4 Å². The van der Waals surface area contributed by atoms with Crippen molar-refractivity contribution in [3.63, 3.8) is 0 Å². The minimum atomic E-state index is -0.794. The number of piperazine rings is 1. The van der Waals surface area contributed by atoms with Crippen LogP contribution in [0.4, 0.5) is 17.3 Å². The summed E-state index contributed by atoms with van der Waals surface area (Å²) in [6.07, 6.45) is 9.37. The van der Waals surface area contributed by atoms with Crippen LogP contribution < -0.4 is 20.9 Å². The van der Waals surface area contributed by atoms with Gasteiger partial charge in [0.1, 0.15) is 17.7 Å². The summed E-state index contributed by atoms with van der Waals surface area (Å²) in [5, 5.41) is 37.6. The lowest BCUT2D eigenvalue weighted by atomic mass is 9.82. The number of phenols is 1. The third-order valence-electron chi connectivity index (χ3n) is 19.9. The van der Waals surface area contributed by atoms with Crippen LogP contribution >= 0.6 is 11.3 Å². The number of benzene rings is 2. The molecule has 2 amide bonds. The minimum absolute atomic E-state index is 0.0905. The molecule has 446 valence electrons. The molecule has 20 heteroatoms. The van der Waals surface area contributed by atoms with Gasteiger partial charge in [-0.1, -0.05) is 55.4 Å². The van der Waals surface area contributed by atoms with Crippen molar-refractivity contribution in [1.82, 2.24) is 50.2 Å². The molecule has 5 N–H and O–H groups in total. The van der Waals surface area contributed by atoms with Gasteiger partial charge in [0.15, 0.2) is 17.4 Å². The third-order valence-corrected chi connectivity index (χ3v) is 20.9. The highest BCUT2D eigenvalue weighted by molar-refractivity contribution is 7.13. The monoisotopic (exact) mass is 1150 g/mol. The maximum absolute atomic E-state index is 14.4. The number of β-amino-alcohol motifs (C(OH)–C–C–N with tert-alkyl or cyclic N) is 1. The number of aromatic hydroxyl groups is 1. The summed E-state index contributed by atoms with van der Waals surface area (Å²) in [6, 6.07) is 18.9. The molecule has 4 atom stereocenters. The van der Waals surface area contributed by atoms with E-state index in [-0.39, 0.29) is 48.0 Å². The van der Waals surface area contributed by atoms with Crippen molar-refractivity contribution in [1.29, 1.82) is 0 Å². The van der Waals surface area contributed by atoms with Crippen molar-refractivity contribution < 1.29 is 29.1 Å². The van der Waals surface area contributed by atoms with E-state index >= 15 is 0 Å². The van der Waals surface area contributed by atoms with Crippen LogP contribution in [0.25, 0.3) is 21.7 Å². The fourth-order valence-corrected chi connectivity index (χ4v) is 15.5. The number of hydrogen-bond donors (Lipinski definition) is 4. The standard InChI is InChI=1S/C63H87N13O6S/c1-40(2)58(62(80)76-35-48(77)30-54(76)61(79)66-41(3)45-10-12-46(13-11-45)59-42(4)65-39-83-59)56-32-57(69-82-56)74-24-16-43(17-25-74)33-71-20-18-49(19-21-71)81-50-28-47(29-50)73-22-14-44(15-23-73)34-72-36-63(37-72)38-75(27-26-70(63)5)53-31-52(67-68-60(53)64)51-8-6-7-9-55(51)78/h6-13,31-32,39-41,43-44,47-50,54,58,77-78H,14-30,33-38H2,1-5H3,(H2,64,68)(H,66,79)/t41-,47-,48+,50-,54-,58+/m0/s1. The van der Waals surface area contributed by atoms with Gasteiger partial charge in [-0.2, -0.15) is 0 Å². The number of carbonyl (C=O) groups excluding carboxylic acids is 2. The fraction of sp³-hybridized carbons (Fsp3) is 0.619. The molecule has 9 heterocycles. The molecule has 2 aromatic carbocycles. The zero-order valence-electron chi connectivity index (χ0n) is 49.3. The number of likely N-dealkylation sites (N-methyl/N-ethyl adjacent to an activating group) is 1. The van der Waals surface area contributed by atoms with Crippen LogP contribution in [0.2, 0.25) is 0 Å². The predicted octanol–water partition coefficient (Wildman–Crippen LogP) is 6.88. The summed E-state index contributed by atoms with van der Waals surface area (Å²) < 4.78 is 12.7. The molecule has 1 saturated carbocycles. The van der Waals surface area contributed by atoms with Crippen LogP contribution in [0, 0.1) is 24.7 Å². The first-order valence-corrected chi connectivity index (χ1v) is 31.7. The van der Waals surface area contributed by atoms with E-state index in [9.17, 15) is 19.8 Å². The van der Waals surface area contributed by atoms with Crippen molar-refractivity contribution in [3.8, 4) is 27.4 Å². The Morgan fingerprint density at radius 1 is 0.831 bits per heavy atom. The number of aliphatic hydroxyl groups is 1. The van der Waals surface area contributed by atoms with Crippen LogP contribution in [0.1, 0.15) is 108 Å². The van der Waals surface area contributed by atoms with E-state index in [0.717, 1.165) is 130 Å². The average molecular weight is 1150 g/mol. The summed E-state index contributed by atoms with van der Waals surface area (Å²) in [6.45, 7) is 21.5. The number of ether oxygens (including phenoxy) is 1. The molecule has 0 bridgehead atoms. The molecule has 0 radical (unpaired) electrons. The highest BCUT2D eigenvalue weighted by Crippen LogP contribution is 2.40. The molecule has 12 rings (SSSR count). The third kappa shape index (κ3) is 12.5. The van der Waals surface area contributed by atoms with Crippen LogP contribution in [0.3, 0.4) is 0 Å². The van der Waals surface area contributed by atoms with Gasteiger partial charge in [-0.25, -0.2) is 4.98 Å². The number of phenolic OH excluding ortho intramolecular Hbond substituents is 1. The highest BCUT2D eigenvalue weighted by Gasteiger charge is 2.50. The Morgan fingerprint density at radius 2 is 1.54 bits per heavy atom. The average Bonchev–Trinajstić information content (AvgIpc) is 3.67. The van der Waals surface area contributed by atoms with Gasteiger partial charge in [0, 0.05) is 103 Å². The van der Waals surface area contributed by atoms with E-state index in [4.69, 9.17) is 15.0 Å². The molecule has 6 saturated heterocycles. The number of amides is 2. The lowest BCUT2D eigenvalue weighted by Gasteiger charge is -2.60. The number of aliphatic hydroxyl groups excluding tert-OH is 1. The number of nitrogens with one attached hydrogen (secondary N) is 1. The first-order chi connectivity index (χ1) is 40.1. The number of nitrogens with zero attached hydrogens (tertiary/aromatic N) is 11. The molecule has 1 spiro atoms. The van der Waals surface area contributed by atoms with Crippen LogP contribution in [0.5, 0.6) is 5.75 Å². The number of aromatic nitrogens is 4. The number of piperidine rings is 3. The summed E-state index contributed by atoms with van der Waals surface area (Å²) in [5.41, 5.74) is 13.6. The Labute approximate surface area is 493 Å². The Morgan fingerprint density at radius 3 is 2.24 bits per heavy atom. The number of para-hydroxylation sites is 1. The fourth-order valence-electron chi connectivity index (χ4n) is 14.7. The van der Waals surface area contributed by atoms with Gasteiger partial charge in [-0.05, 0) is 132 Å². The summed E-state index contributed by atoms with van der Waals surface area (Å²) >= 11 is 1.61. The first kappa shape index (κ1) is 57.7. The van der Waals surface area contributed by atoms with Crippen molar-refractivity contribution in [2.24, 2.45) is 17.8 Å². The maximum atomic E-state index is 14.4. The highest BCUT2D eigenvalue weighted by atomic mass is 32.1. The number of nitrogens with two attached hydrogens (primary N) is 1. The number of rotatable bonds is 17. The van der Waals surface area contributed by atoms with E-state index in [2.05, 4.69) is 62.1 Å². The summed E-state index contributed by atoms with van der Waals surface area (Å²) in [5.74, 6) is 1.98. The quantitative estimate of drug-likeness (QED) is 0.0748. The minimum Gasteiger partial charge on any atom is -0.507 e. The topological polar surface area (TPSA) is 209 Å². The van der Waals surface area contributed by atoms with Crippen molar-refractivity contribution in [3.05, 3.63) is 83.2 Å². The number of carbonyl (C=O) groups is 2. The second-order valence-corrected chi connectivity index (χ2v) is 26.7. The van der Waals surface area contributed by atoms with E-state index < -0.39 is 18.1 Å². The molecule has 5 aromatic rings. The van der Waals surface area contributed by atoms with Gasteiger partial charge in [-0.15, -0.1) is 21.5 Å². The maximum Gasteiger partial charge on any atom is 0.243 e. The zero-order chi connectivity index (χ0) is 57.5. The van der Waals surface area contributed by atoms with Crippen LogP contribution in [0.15, 0.2) is 70.7 Å². The Bertz CT molecular complexity index is 3010. The zero-order valence-corrected chi connectivity index (χ0v) is 50.1. The smallest absolute Gasteiger partial charge is 0.243 e. The van der Waals surface area contributed by atoms with Gasteiger partial charge < -0.3 is 55.0 Å². The molecule has 6 aliphatic heterocycles. The van der Waals surface area contributed by atoms with Crippen molar-refractivity contribution in [2.45, 2.75) is 133 Å². The van der Waals surface area contributed by atoms with Gasteiger partial charge in [-0.3, -0.25) is 19.4 Å². The molecular formula is C63H87N13O6S. The first-order valence-electron chi connectivity index (χ1n) is 30.9. The molecule has 3 aromatic heterocycles. The number of anilines is 3. The Balaban J connectivity index is 0.535. The molecule has 0 unspecified atom stereocenters. The van der Waals surface area contributed by atoms with E-state index in [1.807, 2.05) is 87.8 Å². The van der Waals surface area contributed by atoms with E-state index in [1.54, 1.807) is 22.3 Å². The summed E-state index contributed by atoms with van der Waals surface area (Å²) in [4.78, 5) is 50.6. The number of nitrogen functional groups attached to an aromatic ring is 1. The molecule has 7 fully saturated rings. The number of hydrogen-bond acceptors (Lipinski definition) is 18. The normalized spacial score (nSPS) is 25.2. The van der Waals surface area contributed by atoms with E-state index in [1.165, 1.54) is 45.3 Å². The van der Waals surface area contributed by atoms with E-state index in [0.29, 0.717) is 47.0 Å². The van der Waals surface area contributed by atoms with Crippen molar-refractivity contribution in [2.75, 3.05) is 114 Å². The predicted molar refractivity (Wildman–Crippen MR) is 323 cm³/mol. The largest absolute Gasteiger partial charge is 0.507 e. The Hall–Kier alpha value is -5.74. The second-order valence-electron chi connectivity index (χ2n) is 25.9. The molecule has 7 aliphatic rings.